The molecule has 214 valence electrons. The molecule has 1 fully saturated rings. The van der Waals surface area contributed by atoms with E-state index in [0.717, 1.165) is 12.7 Å². The normalized spacial score (nSPS) is 15.5. The molecule has 0 aromatic heterocycles. The van der Waals surface area contributed by atoms with Gasteiger partial charge in [0.15, 0.2) is 6.61 Å². The molecular formula is C29H35N3O8. The van der Waals surface area contributed by atoms with Gasteiger partial charge in [-0.3, -0.25) is 14.4 Å². The third-order valence-electron chi connectivity index (χ3n) is 5.99. The maximum atomic E-state index is 13.3. The predicted molar refractivity (Wildman–Crippen MR) is 145 cm³/mol. The molecule has 11 heteroatoms. The highest BCUT2D eigenvalue weighted by atomic mass is 16.6. The standard InChI is InChI=1S/C29H35N3O8/c1-29(2,3)40-24(33)18-39-21-14-12-20(13-15-21)30-25(34)22(17-19-9-6-5-7-10-19)31-26(35)23-11-8-16-32(23)27(36)28(37)38-4/h5-7,9-10,12-15,22-23H,8,11,16-18H2,1-4H3,(H,30,34)(H,31,35)/t22-,23+/m1/s1. The van der Waals surface area contributed by atoms with Crippen molar-refractivity contribution < 1.29 is 38.2 Å². The number of methoxy groups -OCH3 is 1. The van der Waals surface area contributed by atoms with E-state index in [1.807, 2.05) is 30.3 Å². The van der Waals surface area contributed by atoms with Gasteiger partial charge in [-0.1, -0.05) is 30.3 Å². The van der Waals surface area contributed by atoms with Gasteiger partial charge in [0, 0.05) is 18.7 Å². The first-order valence-electron chi connectivity index (χ1n) is 13.0. The number of amides is 3. The molecular weight excluding hydrogens is 518 g/mol. The zero-order valence-corrected chi connectivity index (χ0v) is 23.1. The lowest BCUT2D eigenvalue weighted by Gasteiger charge is -2.25. The van der Waals surface area contributed by atoms with Crippen molar-refractivity contribution >= 4 is 35.3 Å². The number of hydrogen-bond acceptors (Lipinski definition) is 8. The van der Waals surface area contributed by atoms with Crippen molar-refractivity contribution in [3.63, 3.8) is 0 Å². The van der Waals surface area contributed by atoms with Crippen LogP contribution in [0.4, 0.5) is 5.69 Å². The number of carbonyl (C=O) groups excluding carboxylic acids is 5. The number of nitrogens with zero attached hydrogens (tertiary/aromatic N) is 1. The van der Waals surface area contributed by atoms with Gasteiger partial charge in [-0.05, 0) is 63.4 Å². The highest BCUT2D eigenvalue weighted by Crippen LogP contribution is 2.20. The Bertz CT molecular complexity index is 1210. The highest BCUT2D eigenvalue weighted by Gasteiger charge is 2.38. The summed E-state index contributed by atoms with van der Waals surface area (Å²) in [6.45, 7) is 5.28. The quantitative estimate of drug-likeness (QED) is 0.356. The van der Waals surface area contributed by atoms with Crippen LogP contribution in [0.2, 0.25) is 0 Å². The lowest BCUT2D eigenvalue weighted by atomic mass is 10.0. The molecule has 1 heterocycles. The summed E-state index contributed by atoms with van der Waals surface area (Å²) in [5.41, 5.74) is 0.654. The number of benzene rings is 2. The fourth-order valence-electron chi connectivity index (χ4n) is 4.19. The molecule has 0 unspecified atom stereocenters. The summed E-state index contributed by atoms with van der Waals surface area (Å²) in [5, 5.41) is 5.55. The minimum absolute atomic E-state index is 0.202. The Morgan fingerprint density at radius 3 is 2.30 bits per heavy atom. The van der Waals surface area contributed by atoms with Gasteiger partial charge in [0.25, 0.3) is 0 Å². The molecule has 2 aromatic carbocycles. The minimum Gasteiger partial charge on any atom is -0.482 e. The smallest absolute Gasteiger partial charge is 0.396 e. The molecule has 1 aliphatic heterocycles. The second-order valence-corrected chi connectivity index (χ2v) is 10.3. The Labute approximate surface area is 233 Å². The number of esters is 2. The van der Waals surface area contributed by atoms with Gasteiger partial charge >= 0.3 is 17.8 Å². The molecule has 0 radical (unpaired) electrons. The summed E-state index contributed by atoms with van der Waals surface area (Å²) in [6, 6.07) is 13.7. The molecule has 2 atom stereocenters. The third kappa shape index (κ3) is 8.82. The summed E-state index contributed by atoms with van der Waals surface area (Å²) >= 11 is 0. The number of anilines is 1. The lowest BCUT2D eigenvalue weighted by molar-refractivity contribution is -0.159. The Hall–Kier alpha value is -4.41. The number of likely N-dealkylation sites (tertiary alicyclic amines) is 1. The van der Waals surface area contributed by atoms with E-state index in [1.165, 1.54) is 4.90 Å². The van der Waals surface area contributed by atoms with E-state index in [2.05, 4.69) is 15.4 Å². The summed E-state index contributed by atoms with van der Waals surface area (Å²) in [7, 11) is 1.10. The van der Waals surface area contributed by atoms with Crippen molar-refractivity contribution in [2.24, 2.45) is 0 Å². The summed E-state index contributed by atoms with van der Waals surface area (Å²) in [4.78, 5) is 63.7. The van der Waals surface area contributed by atoms with Gasteiger partial charge in [-0.15, -0.1) is 0 Å². The van der Waals surface area contributed by atoms with E-state index in [1.54, 1.807) is 45.0 Å². The first-order valence-corrected chi connectivity index (χ1v) is 13.0. The largest absolute Gasteiger partial charge is 0.482 e. The number of rotatable bonds is 9. The van der Waals surface area contributed by atoms with Crippen LogP contribution in [0.5, 0.6) is 5.75 Å². The molecule has 3 amide bonds. The first kappa shape index (κ1) is 30.1. The van der Waals surface area contributed by atoms with Crippen molar-refractivity contribution in [1.29, 1.82) is 0 Å². The second-order valence-electron chi connectivity index (χ2n) is 10.3. The Kier molecular flexibility index (Phi) is 10.2. The maximum absolute atomic E-state index is 13.3. The fourth-order valence-corrected chi connectivity index (χ4v) is 4.19. The first-order chi connectivity index (χ1) is 19.0. The summed E-state index contributed by atoms with van der Waals surface area (Å²) in [6.07, 6.45) is 1.10. The molecule has 1 aliphatic rings. The van der Waals surface area contributed by atoms with Crippen LogP contribution in [0.1, 0.15) is 39.2 Å². The molecule has 3 rings (SSSR count). The van der Waals surface area contributed by atoms with Crippen LogP contribution in [0, 0.1) is 0 Å². The molecule has 0 aliphatic carbocycles. The maximum Gasteiger partial charge on any atom is 0.396 e. The van der Waals surface area contributed by atoms with E-state index in [9.17, 15) is 24.0 Å². The predicted octanol–water partition coefficient (Wildman–Crippen LogP) is 2.24. The van der Waals surface area contributed by atoms with Gasteiger partial charge in [0.2, 0.25) is 11.8 Å². The van der Waals surface area contributed by atoms with Gasteiger partial charge in [0.05, 0.1) is 7.11 Å². The van der Waals surface area contributed by atoms with Crippen LogP contribution in [0.3, 0.4) is 0 Å². The molecule has 40 heavy (non-hydrogen) atoms. The Morgan fingerprint density at radius 2 is 1.68 bits per heavy atom. The summed E-state index contributed by atoms with van der Waals surface area (Å²) < 4.78 is 15.2. The molecule has 0 bridgehead atoms. The SMILES string of the molecule is COC(=O)C(=O)N1CCC[C@H]1C(=O)N[C@H](Cc1ccccc1)C(=O)Nc1ccc(OCC(=O)OC(C)(C)C)cc1. The zero-order valence-electron chi connectivity index (χ0n) is 23.1. The van der Waals surface area contributed by atoms with Crippen LogP contribution in [-0.2, 0) is 39.9 Å². The topological polar surface area (TPSA) is 140 Å². The molecule has 11 nitrogen and oxygen atoms in total. The summed E-state index contributed by atoms with van der Waals surface area (Å²) in [5.74, 6) is -3.02. The second kappa shape index (κ2) is 13.6. The minimum atomic E-state index is -1.04. The average Bonchev–Trinajstić information content (AvgIpc) is 3.41. The van der Waals surface area contributed by atoms with Crippen LogP contribution < -0.4 is 15.4 Å². The molecule has 2 aromatic rings. The van der Waals surface area contributed by atoms with Crippen LogP contribution in [0.15, 0.2) is 54.6 Å². The number of carbonyl (C=O) groups is 5. The van der Waals surface area contributed by atoms with E-state index >= 15 is 0 Å². The van der Waals surface area contributed by atoms with E-state index in [4.69, 9.17) is 9.47 Å². The fraction of sp³-hybridized carbons (Fsp3) is 0.414. The van der Waals surface area contributed by atoms with Gasteiger partial charge in [-0.2, -0.15) is 0 Å². The molecule has 2 N–H and O–H groups in total. The number of hydrogen-bond donors (Lipinski definition) is 2. The van der Waals surface area contributed by atoms with E-state index in [0.29, 0.717) is 24.3 Å². The Morgan fingerprint density at radius 1 is 1.00 bits per heavy atom. The van der Waals surface area contributed by atoms with Crippen molar-refractivity contribution in [2.45, 2.75) is 57.7 Å². The lowest BCUT2D eigenvalue weighted by Crippen LogP contribution is -2.53. The van der Waals surface area contributed by atoms with Crippen molar-refractivity contribution in [3.8, 4) is 5.75 Å². The van der Waals surface area contributed by atoms with Gasteiger partial charge in [-0.25, -0.2) is 9.59 Å². The average molecular weight is 554 g/mol. The van der Waals surface area contributed by atoms with Crippen LogP contribution >= 0.6 is 0 Å². The third-order valence-corrected chi connectivity index (χ3v) is 5.99. The highest BCUT2D eigenvalue weighted by molar-refractivity contribution is 6.32. The molecule has 0 saturated carbocycles. The van der Waals surface area contributed by atoms with Crippen LogP contribution in [-0.4, -0.2) is 72.5 Å². The number of nitrogens with one attached hydrogen (secondary N) is 2. The Balaban J connectivity index is 1.67. The van der Waals surface area contributed by atoms with Crippen molar-refractivity contribution in [1.82, 2.24) is 10.2 Å². The van der Waals surface area contributed by atoms with E-state index < -0.39 is 47.3 Å². The van der Waals surface area contributed by atoms with Crippen molar-refractivity contribution in [3.05, 3.63) is 60.2 Å². The van der Waals surface area contributed by atoms with Crippen LogP contribution in [0.25, 0.3) is 0 Å². The number of ether oxygens (including phenoxy) is 3. The van der Waals surface area contributed by atoms with E-state index in [-0.39, 0.29) is 19.6 Å². The van der Waals surface area contributed by atoms with Gasteiger partial charge < -0.3 is 29.7 Å². The van der Waals surface area contributed by atoms with Crippen molar-refractivity contribution in [2.75, 3.05) is 25.6 Å². The molecule has 0 spiro atoms. The zero-order chi connectivity index (χ0) is 29.3. The van der Waals surface area contributed by atoms with Gasteiger partial charge in [0.1, 0.15) is 23.4 Å². The monoisotopic (exact) mass is 553 g/mol. The molecule has 1 saturated heterocycles.